The van der Waals surface area contributed by atoms with Crippen LogP contribution in [0.15, 0.2) is 24.3 Å². The van der Waals surface area contributed by atoms with Crippen molar-refractivity contribution in [1.82, 2.24) is 10.2 Å². The van der Waals surface area contributed by atoms with Gasteiger partial charge in [0, 0.05) is 45.6 Å². The van der Waals surface area contributed by atoms with Gasteiger partial charge >= 0.3 is 30.0 Å². The summed E-state index contributed by atoms with van der Waals surface area (Å²) in [4.78, 5) is 67.3. The molecule has 0 aromatic heterocycles. The van der Waals surface area contributed by atoms with Crippen LogP contribution in [0.5, 0.6) is 0 Å². The van der Waals surface area contributed by atoms with Gasteiger partial charge in [0.25, 0.3) is 0 Å². The molecule has 1 aliphatic rings. The lowest BCUT2D eigenvalue weighted by atomic mass is 9.95. The van der Waals surface area contributed by atoms with Crippen LogP contribution in [0.1, 0.15) is 240 Å². The molecule has 0 radical (unpaired) electrons. The maximum absolute atomic E-state index is 13.2. The minimum Gasteiger partial charge on any atom is -0.465 e. The number of alkyl carbamates (subject to hydrolysis) is 1. The van der Waals surface area contributed by atoms with E-state index in [0.29, 0.717) is 52.0 Å². The van der Waals surface area contributed by atoms with Gasteiger partial charge in [-0.2, -0.15) is 0 Å². The van der Waals surface area contributed by atoms with E-state index in [-0.39, 0.29) is 56.9 Å². The smallest absolute Gasteiger partial charge is 0.407 e. The van der Waals surface area contributed by atoms with E-state index in [9.17, 15) is 24.0 Å². The number of nitrogens with one attached hydrogen (secondary N) is 1. The summed E-state index contributed by atoms with van der Waals surface area (Å²) in [5, 5.41) is 2.88. The Balaban J connectivity index is 2.81. The summed E-state index contributed by atoms with van der Waals surface area (Å²) in [7, 11) is 0. The maximum Gasteiger partial charge on any atom is 0.407 e. The van der Waals surface area contributed by atoms with Gasteiger partial charge < -0.3 is 43.4 Å². The summed E-state index contributed by atoms with van der Waals surface area (Å²) in [6.07, 6.45) is 34.5. The van der Waals surface area contributed by atoms with E-state index in [2.05, 4.69) is 69.1 Å². The minimum atomic E-state index is -0.594. The van der Waals surface area contributed by atoms with Gasteiger partial charge in [0.2, 0.25) is 0 Å². The standard InChI is InChI=1S/C60H108N2O12/c1-6-11-16-20-23-31-46-68-58(69-47-32-24-21-17-12-7-2)41-40-57(65)73-51-52(49-71-55(63)37-28-22-25-33-48-70-59(66)53(34-15-10-5)35-26-18-13-8-3)50-72-56(64)39-38-54(36-27-19-14-9-4)74-60(67)61-42-45-62-43-29-30-44-62/h11-12,16-17,52-54,58H,6-10,13-15,18-51H2,1-5H3,(H,61,67)/b16-11-,17-12-. The number of ether oxygens (including phenoxy) is 7. The van der Waals surface area contributed by atoms with Crippen molar-refractivity contribution in [3.63, 3.8) is 0 Å². The Morgan fingerprint density at radius 1 is 0.500 bits per heavy atom. The monoisotopic (exact) mass is 1050 g/mol. The second kappa shape index (κ2) is 50.3. The topological polar surface area (TPSA) is 165 Å². The number of amides is 1. The minimum absolute atomic E-state index is 0.0226. The zero-order chi connectivity index (χ0) is 54.0. The lowest BCUT2D eigenvalue weighted by molar-refractivity contribution is -0.162. The van der Waals surface area contributed by atoms with Crippen molar-refractivity contribution in [3.05, 3.63) is 24.3 Å². The molecule has 0 aromatic carbocycles. The van der Waals surface area contributed by atoms with E-state index in [1.54, 1.807) is 0 Å². The van der Waals surface area contributed by atoms with Crippen molar-refractivity contribution in [1.29, 1.82) is 0 Å². The summed E-state index contributed by atoms with van der Waals surface area (Å²) in [6.45, 7) is 15.2. The maximum atomic E-state index is 13.2. The van der Waals surface area contributed by atoms with E-state index >= 15 is 0 Å². The molecule has 1 amide bonds. The van der Waals surface area contributed by atoms with Gasteiger partial charge in [-0.05, 0) is 122 Å². The molecule has 0 aromatic rings. The summed E-state index contributed by atoms with van der Waals surface area (Å²) in [6, 6.07) is 0. The Morgan fingerprint density at radius 2 is 1.01 bits per heavy atom. The molecule has 1 rings (SSSR count). The van der Waals surface area contributed by atoms with Crippen LogP contribution < -0.4 is 5.32 Å². The molecule has 14 nitrogen and oxygen atoms in total. The third-order valence-corrected chi connectivity index (χ3v) is 13.4. The van der Waals surface area contributed by atoms with Crippen LogP contribution in [-0.4, -0.2) is 113 Å². The molecule has 430 valence electrons. The number of allylic oxidation sites excluding steroid dienone is 4. The summed E-state index contributed by atoms with van der Waals surface area (Å²) in [5.74, 6) is -2.00. The Labute approximate surface area is 450 Å². The molecular formula is C60H108N2O12. The van der Waals surface area contributed by atoms with Crippen molar-refractivity contribution >= 4 is 30.0 Å². The summed E-state index contributed by atoms with van der Waals surface area (Å²) >= 11 is 0. The molecule has 1 heterocycles. The quantitative estimate of drug-likeness (QED) is 0.0201. The van der Waals surface area contributed by atoms with E-state index in [4.69, 9.17) is 33.2 Å². The van der Waals surface area contributed by atoms with Gasteiger partial charge in [-0.3, -0.25) is 19.2 Å². The van der Waals surface area contributed by atoms with Gasteiger partial charge in [-0.15, -0.1) is 0 Å². The molecule has 0 saturated carbocycles. The van der Waals surface area contributed by atoms with Crippen LogP contribution in [0.4, 0.5) is 4.79 Å². The fourth-order valence-corrected chi connectivity index (χ4v) is 8.69. The van der Waals surface area contributed by atoms with Gasteiger partial charge in [0.05, 0.1) is 24.9 Å². The fraction of sp³-hybridized carbons (Fsp3) is 0.850. The van der Waals surface area contributed by atoms with Crippen molar-refractivity contribution in [2.75, 3.05) is 65.8 Å². The number of hydrogen-bond donors (Lipinski definition) is 1. The lowest BCUT2D eigenvalue weighted by Gasteiger charge is -2.20. The molecule has 1 fully saturated rings. The van der Waals surface area contributed by atoms with Gasteiger partial charge in [0.15, 0.2) is 6.29 Å². The van der Waals surface area contributed by atoms with Crippen LogP contribution in [0, 0.1) is 11.8 Å². The Bertz CT molecular complexity index is 1410. The van der Waals surface area contributed by atoms with Crippen LogP contribution in [-0.2, 0) is 52.3 Å². The number of likely N-dealkylation sites (tertiary alicyclic amines) is 1. The molecule has 3 atom stereocenters. The number of unbranched alkanes of at least 4 members (excludes halogenated alkanes) is 14. The number of nitrogens with zero attached hydrogens (tertiary/aromatic N) is 1. The summed E-state index contributed by atoms with van der Waals surface area (Å²) in [5.41, 5.74) is 0. The lowest BCUT2D eigenvalue weighted by Crippen LogP contribution is -2.35. The van der Waals surface area contributed by atoms with Crippen molar-refractivity contribution in [2.45, 2.75) is 252 Å². The van der Waals surface area contributed by atoms with E-state index in [0.717, 1.165) is 154 Å². The van der Waals surface area contributed by atoms with Gasteiger partial charge in [-0.25, -0.2) is 4.79 Å². The molecule has 3 unspecified atom stereocenters. The molecule has 1 aliphatic heterocycles. The number of carbonyl (C=O) groups excluding carboxylic acids is 5. The first-order chi connectivity index (χ1) is 36.1. The molecule has 0 bridgehead atoms. The highest BCUT2D eigenvalue weighted by molar-refractivity contribution is 5.72. The highest BCUT2D eigenvalue weighted by Gasteiger charge is 2.23. The first-order valence-corrected chi connectivity index (χ1v) is 30.0. The van der Waals surface area contributed by atoms with E-state index < -0.39 is 36.3 Å². The number of rotatable bonds is 51. The summed E-state index contributed by atoms with van der Waals surface area (Å²) < 4.78 is 40.8. The number of esters is 4. The molecule has 1 N–H and O–H groups in total. The molecule has 14 heteroatoms. The third-order valence-electron chi connectivity index (χ3n) is 13.4. The highest BCUT2D eigenvalue weighted by atomic mass is 16.7. The zero-order valence-electron chi connectivity index (χ0n) is 47.7. The Morgan fingerprint density at radius 3 is 1.59 bits per heavy atom. The second-order valence-electron chi connectivity index (χ2n) is 20.3. The molecular weight excluding hydrogens is 941 g/mol. The zero-order valence-corrected chi connectivity index (χ0v) is 47.7. The SMILES string of the molecule is CC/C=C\CCCCOC(CCC(=O)OCC(COC(=O)CCCCCCOC(=O)C(CCCC)CCCCCC)COC(=O)CCC(CCCCCC)OC(=O)NCCN1CCCC1)OCCCC/C=C\CC. The van der Waals surface area contributed by atoms with Crippen LogP contribution in [0.25, 0.3) is 0 Å². The largest absolute Gasteiger partial charge is 0.465 e. The predicted molar refractivity (Wildman–Crippen MR) is 296 cm³/mol. The Kier molecular flexibility index (Phi) is 46.6. The van der Waals surface area contributed by atoms with Crippen LogP contribution >= 0.6 is 0 Å². The molecule has 74 heavy (non-hydrogen) atoms. The normalized spacial score (nSPS) is 14.1. The van der Waals surface area contributed by atoms with E-state index in [1.807, 2.05) is 0 Å². The number of hydrogen-bond acceptors (Lipinski definition) is 13. The third kappa shape index (κ3) is 41.7. The van der Waals surface area contributed by atoms with Crippen LogP contribution in [0.3, 0.4) is 0 Å². The van der Waals surface area contributed by atoms with E-state index in [1.165, 1.54) is 25.7 Å². The van der Waals surface area contributed by atoms with Crippen molar-refractivity contribution in [3.8, 4) is 0 Å². The number of carbonyl (C=O) groups is 5. The first-order valence-electron chi connectivity index (χ1n) is 30.0. The fourth-order valence-electron chi connectivity index (χ4n) is 8.69. The van der Waals surface area contributed by atoms with Crippen LogP contribution in [0.2, 0.25) is 0 Å². The first kappa shape index (κ1) is 68.5. The predicted octanol–water partition coefficient (Wildman–Crippen LogP) is 13.9. The van der Waals surface area contributed by atoms with Crippen molar-refractivity contribution in [2.24, 2.45) is 11.8 Å². The Hall–Kier alpha value is -3.49. The highest BCUT2D eigenvalue weighted by Crippen LogP contribution is 2.20. The molecule has 0 aliphatic carbocycles. The second-order valence-corrected chi connectivity index (χ2v) is 20.3. The van der Waals surface area contributed by atoms with Crippen molar-refractivity contribution < 1.29 is 57.1 Å². The molecule has 0 spiro atoms. The average molecular weight is 1050 g/mol. The van der Waals surface area contributed by atoms with Gasteiger partial charge in [0.1, 0.15) is 25.9 Å². The van der Waals surface area contributed by atoms with Gasteiger partial charge in [-0.1, -0.05) is 130 Å². The molecule has 1 saturated heterocycles. The average Bonchev–Trinajstić information content (AvgIpc) is 3.92.